The van der Waals surface area contributed by atoms with Gasteiger partial charge in [0.25, 0.3) is 0 Å². The maximum Gasteiger partial charge on any atom is 0.309 e. The van der Waals surface area contributed by atoms with E-state index in [4.69, 9.17) is 15.2 Å². The molecule has 5 rings (SSSR count). The van der Waals surface area contributed by atoms with E-state index < -0.39 is 60.2 Å². The van der Waals surface area contributed by atoms with E-state index in [0.29, 0.717) is 0 Å². The molecule has 4 heterocycles. The maximum absolute atomic E-state index is 10.7. The number of nitrogens with two attached hydrogens (primary N) is 1. The monoisotopic (exact) mass is 318 g/mol. The summed E-state index contributed by atoms with van der Waals surface area (Å²) in [5.41, 5.74) is 2.14. The van der Waals surface area contributed by atoms with Gasteiger partial charge in [-0.2, -0.15) is 0 Å². The van der Waals surface area contributed by atoms with Gasteiger partial charge in [0, 0.05) is 17.8 Å². The summed E-state index contributed by atoms with van der Waals surface area (Å²) in [5.74, 6) is -3.52. The second kappa shape index (κ2) is 3.97. The van der Waals surface area contributed by atoms with Crippen molar-refractivity contribution in [3.05, 3.63) is 0 Å². The summed E-state index contributed by atoms with van der Waals surface area (Å²) in [6.45, 7) is -0.829. The first-order valence-corrected chi connectivity index (χ1v) is 6.98. The molecule has 124 valence electrons. The zero-order valence-corrected chi connectivity index (χ0v) is 11.4. The lowest BCUT2D eigenvalue weighted by Crippen LogP contribution is -2.89. The van der Waals surface area contributed by atoms with Crippen LogP contribution in [0.4, 0.5) is 0 Å². The lowest BCUT2D eigenvalue weighted by Gasteiger charge is -2.71. The lowest BCUT2D eigenvalue weighted by atomic mass is 9.49. The molecule has 0 aromatic rings. The van der Waals surface area contributed by atoms with Crippen molar-refractivity contribution >= 4 is 5.84 Å². The Morgan fingerprint density at radius 3 is 2.45 bits per heavy atom. The van der Waals surface area contributed by atoms with E-state index in [0.717, 1.165) is 0 Å². The van der Waals surface area contributed by atoms with Crippen LogP contribution in [-0.4, -0.2) is 85.3 Å². The van der Waals surface area contributed by atoms with Gasteiger partial charge in [-0.05, 0) is 0 Å². The molecule has 4 bridgehead atoms. The third kappa shape index (κ3) is 1.32. The SMILES string of the molecule is NC1=NC(O)C2C3OC4(O)OC([C@@H](O)C2(C1)[C@@H]4O)C3(O)CO. The fraction of sp³-hybridized carbons (Fsp3) is 0.917. The molecule has 0 radical (unpaired) electrons. The summed E-state index contributed by atoms with van der Waals surface area (Å²) in [5, 5.41) is 61.9. The predicted octanol–water partition coefficient (Wildman–Crippen LogP) is -4.43. The summed E-state index contributed by atoms with van der Waals surface area (Å²) in [4.78, 5) is 3.81. The third-order valence-corrected chi connectivity index (χ3v) is 5.58. The lowest BCUT2D eigenvalue weighted by molar-refractivity contribution is -0.560. The predicted molar refractivity (Wildman–Crippen MR) is 66.9 cm³/mol. The fourth-order valence-corrected chi connectivity index (χ4v) is 4.60. The highest BCUT2D eigenvalue weighted by Crippen LogP contribution is 2.64. The number of rotatable bonds is 1. The number of amidine groups is 1. The van der Waals surface area contributed by atoms with E-state index in [1.165, 1.54) is 0 Å². The van der Waals surface area contributed by atoms with Gasteiger partial charge in [-0.1, -0.05) is 0 Å². The van der Waals surface area contributed by atoms with Crippen LogP contribution in [0.15, 0.2) is 4.99 Å². The standard InChI is InChI=1S/C12H18N2O8/c13-3-1-10-4(8(17)14-3)6-11(19,2-15)7(5(10)16)22-12(20,21-6)9(10)18/h4-9,15-20H,1-2H2,(H2,13,14)/t4?,5-,6?,7?,8?,9+,10?,11?,12?/m1/s1. The first-order chi connectivity index (χ1) is 10.2. The Balaban J connectivity index is 1.95. The average molecular weight is 318 g/mol. The van der Waals surface area contributed by atoms with Gasteiger partial charge in [-0.3, -0.25) is 0 Å². The Morgan fingerprint density at radius 2 is 1.82 bits per heavy atom. The Morgan fingerprint density at radius 1 is 1.18 bits per heavy atom. The zero-order valence-electron chi connectivity index (χ0n) is 11.4. The van der Waals surface area contributed by atoms with Gasteiger partial charge in [0.05, 0.1) is 18.5 Å². The van der Waals surface area contributed by atoms with Crippen molar-refractivity contribution in [2.24, 2.45) is 22.1 Å². The number of aliphatic hydroxyl groups is 6. The topological polar surface area (TPSA) is 178 Å². The smallest absolute Gasteiger partial charge is 0.309 e. The van der Waals surface area contributed by atoms with Gasteiger partial charge in [0.1, 0.15) is 23.9 Å². The first kappa shape index (κ1) is 14.7. The van der Waals surface area contributed by atoms with Crippen LogP contribution in [0, 0.1) is 11.3 Å². The van der Waals surface area contributed by atoms with Crippen LogP contribution in [0.25, 0.3) is 0 Å². The second-order valence-corrected chi connectivity index (χ2v) is 6.55. The molecule has 1 aliphatic carbocycles. The van der Waals surface area contributed by atoms with Crippen LogP contribution in [0.1, 0.15) is 6.42 Å². The van der Waals surface area contributed by atoms with E-state index in [2.05, 4.69) is 4.99 Å². The molecule has 7 unspecified atom stereocenters. The maximum atomic E-state index is 10.7. The van der Waals surface area contributed by atoms with E-state index >= 15 is 0 Å². The van der Waals surface area contributed by atoms with Crippen molar-refractivity contribution in [3.8, 4) is 0 Å². The number of aliphatic imine (C=N–C) groups is 1. The van der Waals surface area contributed by atoms with Crippen LogP contribution < -0.4 is 5.73 Å². The summed E-state index contributed by atoms with van der Waals surface area (Å²) in [7, 11) is 0. The van der Waals surface area contributed by atoms with E-state index in [1.807, 2.05) is 0 Å². The van der Waals surface area contributed by atoms with Crippen molar-refractivity contribution in [3.63, 3.8) is 0 Å². The molecular weight excluding hydrogens is 300 g/mol. The van der Waals surface area contributed by atoms with Gasteiger partial charge >= 0.3 is 5.97 Å². The van der Waals surface area contributed by atoms with Crippen LogP contribution in [0.5, 0.6) is 0 Å². The molecule has 8 N–H and O–H groups in total. The number of hydrogen-bond acceptors (Lipinski definition) is 10. The Labute approximate surface area is 124 Å². The highest BCUT2D eigenvalue weighted by atomic mass is 16.9. The number of nitrogens with zero attached hydrogens (tertiary/aromatic N) is 1. The van der Waals surface area contributed by atoms with E-state index in [-0.39, 0.29) is 12.3 Å². The largest absolute Gasteiger partial charge is 0.393 e. The molecule has 22 heavy (non-hydrogen) atoms. The van der Waals surface area contributed by atoms with Gasteiger partial charge in [-0.25, -0.2) is 4.99 Å². The molecule has 5 aliphatic rings. The molecule has 9 atom stereocenters. The minimum atomic E-state index is -2.45. The van der Waals surface area contributed by atoms with Crippen molar-refractivity contribution in [2.75, 3.05) is 6.61 Å². The van der Waals surface area contributed by atoms with Gasteiger partial charge in [-0.15, -0.1) is 0 Å². The molecule has 0 aromatic carbocycles. The molecule has 1 saturated carbocycles. The minimum absolute atomic E-state index is 0.0000572. The Bertz CT molecular complexity index is 559. The zero-order chi connectivity index (χ0) is 16.1. The van der Waals surface area contributed by atoms with Gasteiger partial charge < -0.3 is 45.8 Å². The number of ether oxygens (including phenoxy) is 2. The summed E-state index contributed by atoms with van der Waals surface area (Å²) in [6, 6.07) is 0. The van der Waals surface area contributed by atoms with Crippen LogP contribution in [-0.2, 0) is 9.47 Å². The fourth-order valence-electron chi connectivity index (χ4n) is 4.60. The van der Waals surface area contributed by atoms with Gasteiger partial charge in [0.2, 0.25) is 0 Å². The van der Waals surface area contributed by atoms with Crippen molar-refractivity contribution < 1.29 is 40.1 Å². The molecule has 1 spiro atoms. The summed E-state index contributed by atoms with van der Waals surface area (Å²) >= 11 is 0. The van der Waals surface area contributed by atoms with Crippen molar-refractivity contribution in [2.45, 2.75) is 48.6 Å². The molecule has 4 fully saturated rings. The van der Waals surface area contributed by atoms with E-state index in [9.17, 15) is 30.6 Å². The van der Waals surface area contributed by atoms with Crippen LogP contribution in [0.3, 0.4) is 0 Å². The molecule has 0 aromatic heterocycles. The minimum Gasteiger partial charge on any atom is -0.393 e. The summed E-state index contributed by atoms with van der Waals surface area (Å²) < 4.78 is 10.4. The normalized spacial score (nSPS) is 62.7. The van der Waals surface area contributed by atoms with Crippen molar-refractivity contribution in [1.82, 2.24) is 0 Å². The Kier molecular flexibility index (Phi) is 2.66. The third-order valence-electron chi connectivity index (χ3n) is 5.58. The molecular formula is C12H18N2O8. The molecule has 3 saturated heterocycles. The molecule has 4 aliphatic heterocycles. The molecule has 0 amide bonds. The Hall–Kier alpha value is -0.850. The molecule has 10 nitrogen and oxygen atoms in total. The number of hydrogen-bond donors (Lipinski definition) is 7. The quantitative estimate of drug-likeness (QED) is 0.251. The van der Waals surface area contributed by atoms with Gasteiger partial charge in [0.15, 0.2) is 6.23 Å². The van der Waals surface area contributed by atoms with Crippen molar-refractivity contribution in [1.29, 1.82) is 0 Å². The highest BCUT2D eigenvalue weighted by molar-refractivity contribution is 5.82. The second-order valence-electron chi connectivity index (χ2n) is 6.55. The van der Waals surface area contributed by atoms with E-state index in [1.54, 1.807) is 0 Å². The first-order valence-electron chi connectivity index (χ1n) is 6.98. The van der Waals surface area contributed by atoms with Crippen LogP contribution >= 0.6 is 0 Å². The molecule has 10 heteroatoms. The number of aliphatic hydroxyl groups excluding tert-OH is 4. The average Bonchev–Trinajstić information content (AvgIpc) is 2.45. The highest BCUT2D eigenvalue weighted by Gasteiger charge is 2.82. The van der Waals surface area contributed by atoms with Crippen LogP contribution in [0.2, 0.25) is 0 Å². The summed E-state index contributed by atoms with van der Waals surface area (Å²) in [6.07, 6.45) is -7.47.